The van der Waals surface area contributed by atoms with E-state index in [0.717, 1.165) is 29.1 Å². The SMILES string of the molecule is CCCc1nc(Br)cc(NC2CCN3CCCC23)n1. The molecule has 0 amide bonds. The van der Waals surface area contributed by atoms with Crippen molar-refractivity contribution in [2.24, 2.45) is 0 Å². The molecule has 1 N–H and O–H groups in total. The summed E-state index contributed by atoms with van der Waals surface area (Å²) in [6.07, 6.45) is 5.92. The minimum atomic E-state index is 0.554. The van der Waals surface area contributed by atoms with Gasteiger partial charge < -0.3 is 5.32 Å². The Balaban J connectivity index is 1.72. The molecule has 2 saturated heterocycles. The lowest BCUT2D eigenvalue weighted by Crippen LogP contribution is -2.34. The Morgan fingerprint density at radius 1 is 1.37 bits per heavy atom. The third-order valence-electron chi connectivity index (χ3n) is 4.15. The van der Waals surface area contributed by atoms with Gasteiger partial charge in [0.05, 0.1) is 0 Å². The summed E-state index contributed by atoms with van der Waals surface area (Å²) in [5.74, 6) is 1.91. The Bertz CT molecular complexity index is 451. The summed E-state index contributed by atoms with van der Waals surface area (Å²) in [5.41, 5.74) is 0. The van der Waals surface area contributed by atoms with Crippen LogP contribution in [-0.4, -0.2) is 40.0 Å². The molecule has 0 saturated carbocycles. The lowest BCUT2D eigenvalue weighted by atomic mass is 10.1. The van der Waals surface area contributed by atoms with Gasteiger partial charge in [-0.3, -0.25) is 4.90 Å². The van der Waals surface area contributed by atoms with Gasteiger partial charge in [-0.15, -0.1) is 0 Å². The van der Waals surface area contributed by atoms with E-state index in [1.807, 2.05) is 6.07 Å². The highest BCUT2D eigenvalue weighted by Gasteiger charge is 2.37. The van der Waals surface area contributed by atoms with Crippen molar-refractivity contribution < 1.29 is 0 Å². The first-order valence-corrected chi connectivity index (χ1v) is 8.09. The van der Waals surface area contributed by atoms with Gasteiger partial charge in [-0.05, 0) is 48.2 Å². The molecule has 3 heterocycles. The molecule has 0 radical (unpaired) electrons. The highest BCUT2D eigenvalue weighted by Crippen LogP contribution is 2.30. The highest BCUT2D eigenvalue weighted by atomic mass is 79.9. The Hall–Kier alpha value is -0.680. The summed E-state index contributed by atoms with van der Waals surface area (Å²) in [7, 11) is 0. The summed E-state index contributed by atoms with van der Waals surface area (Å²) < 4.78 is 0.884. The van der Waals surface area contributed by atoms with E-state index in [9.17, 15) is 0 Å². The van der Waals surface area contributed by atoms with Gasteiger partial charge >= 0.3 is 0 Å². The summed E-state index contributed by atoms with van der Waals surface area (Å²) in [5, 5.41) is 3.63. The minimum absolute atomic E-state index is 0.554. The molecule has 2 fully saturated rings. The van der Waals surface area contributed by atoms with Crippen LogP contribution in [0.15, 0.2) is 10.7 Å². The van der Waals surface area contributed by atoms with Gasteiger partial charge in [-0.25, -0.2) is 9.97 Å². The number of rotatable bonds is 4. The molecule has 1 aromatic rings. The van der Waals surface area contributed by atoms with Crippen molar-refractivity contribution >= 4 is 21.7 Å². The number of aryl methyl sites for hydroxylation is 1. The first kappa shape index (κ1) is 13.3. The predicted octanol–water partition coefficient (Wildman–Crippen LogP) is 2.84. The Labute approximate surface area is 123 Å². The van der Waals surface area contributed by atoms with Gasteiger partial charge in [0.2, 0.25) is 0 Å². The maximum absolute atomic E-state index is 4.63. The number of hydrogen-bond acceptors (Lipinski definition) is 4. The second-order valence-electron chi connectivity index (χ2n) is 5.53. The van der Waals surface area contributed by atoms with Crippen molar-refractivity contribution in [2.45, 2.75) is 51.1 Å². The van der Waals surface area contributed by atoms with Gasteiger partial charge in [0.1, 0.15) is 16.2 Å². The number of halogens is 1. The average molecular weight is 325 g/mol. The van der Waals surface area contributed by atoms with Crippen LogP contribution in [0.1, 0.15) is 38.4 Å². The molecule has 3 rings (SSSR count). The number of fused-ring (bicyclic) bond motifs is 1. The normalized spacial score (nSPS) is 26.6. The van der Waals surface area contributed by atoms with Crippen molar-refractivity contribution in [3.8, 4) is 0 Å². The van der Waals surface area contributed by atoms with Gasteiger partial charge in [0.15, 0.2) is 0 Å². The van der Waals surface area contributed by atoms with Crippen molar-refractivity contribution in [1.82, 2.24) is 14.9 Å². The fraction of sp³-hybridized carbons (Fsp3) is 0.714. The summed E-state index contributed by atoms with van der Waals surface area (Å²) in [4.78, 5) is 11.7. The van der Waals surface area contributed by atoms with E-state index in [1.54, 1.807) is 0 Å². The van der Waals surface area contributed by atoms with Crippen molar-refractivity contribution in [1.29, 1.82) is 0 Å². The zero-order valence-corrected chi connectivity index (χ0v) is 13.0. The van der Waals surface area contributed by atoms with E-state index in [2.05, 4.69) is 43.0 Å². The minimum Gasteiger partial charge on any atom is -0.366 e. The van der Waals surface area contributed by atoms with Crippen LogP contribution in [0, 0.1) is 0 Å². The number of nitrogens with one attached hydrogen (secondary N) is 1. The standard InChI is InChI=1S/C14H21BrN4/c1-2-4-13-17-12(15)9-14(18-13)16-10-6-8-19-7-3-5-11(10)19/h9-11H,2-8H2,1H3,(H,16,17,18). The van der Waals surface area contributed by atoms with Crippen LogP contribution in [0.2, 0.25) is 0 Å². The molecule has 0 aromatic carbocycles. The third kappa shape index (κ3) is 2.92. The van der Waals surface area contributed by atoms with Crippen LogP contribution >= 0.6 is 15.9 Å². The molecule has 0 aliphatic carbocycles. The summed E-state index contributed by atoms with van der Waals surface area (Å²) in [6, 6.07) is 3.26. The van der Waals surface area contributed by atoms with Crippen LogP contribution in [-0.2, 0) is 6.42 Å². The highest BCUT2D eigenvalue weighted by molar-refractivity contribution is 9.10. The Kier molecular flexibility index (Phi) is 4.03. The number of aromatic nitrogens is 2. The van der Waals surface area contributed by atoms with Crippen LogP contribution in [0.4, 0.5) is 5.82 Å². The van der Waals surface area contributed by atoms with E-state index in [1.165, 1.54) is 32.4 Å². The van der Waals surface area contributed by atoms with E-state index in [0.29, 0.717) is 12.1 Å². The quantitative estimate of drug-likeness (QED) is 0.865. The van der Waals surface area contributed by atoms with E-state index in [4.69, 9.17) is 0 Å². The number of nitrogens with zero attached hydrogens (tertiary/aromatic N) is 3. The molecule has 104 valence electrons. The Morgan fingerprint density at radius 2 is 2.26 bits per heavy atom. The zero-order valence-electron chi connectivity index (χ0n) is 11.4. The maximum Gasteiger partial charge on any atom is 0.132 e. The summed E-state index contributed by atoms with van der Waals surface area (Å²) in [6.45, 7) is 4.67. The molecule has 19 heavy (non-hydrogen) atoms. The first-order chi connectivity index (χ1) is 9.26. The second-order valence-corrected chi connectivity index (χ2v) is 6.34. The predicted molar refractivity (Wildman–Crippen MR) is 80.3 cm³/mol. The van der Waals surface area contributed by atoms with Crippen molar-refractivity contribution in [3.63, 3.8) is 0 Å². The van der Waals surface area contributed by atoms with E-state index < -0.39 is 0 Å². The van der Waals surface area contributed by atoms with Crippen LogP contribution < -0.4 is 5.32 Å². The lowest BCUT2D eigenvalue weighted by Gasteiger charge is -2.22. The Morgan fingerprint density at radius 3 is 3.11 bits per heavy atom. The largest absolute Gasteiger partial charge is 0.366 e. The van der Waals surface area contributed by atoms with E-state index in [-0.39, 0.29) is 0 Å². The average Bonchev–Trinajstić information content (AvgIpc) is 2.94. The van der Waals surface area contributed by atoms with Crippen LogP contribution in [0.3, 0.4) is 0 Å². The fourth-order valence-electron chi connectivity index (χ4n) is 3.31. The van der Waals surface area contributed by atoms with Gasteiger partial charge in [0, 0.05) is 31.1 Å². The van der Waals surface area contributed by atoms with Gasteiger partial charge in [-0.1, -0.05) is 6.92 Å². The lowest BCUT2D eigenvalue weighted by molar-refractivity contribution is 0.318. The number of hydrogen-bond donors (Lipinski definition) is 1. The molecule has 2 aliphatic heterocycles. The molecule has 0 bridgehead atoms. The second kappa shape index (κ2) is 5.75. The molecule has 1 aromatic heterocycles. The van der Waals surface area contributed by atoms with Gasteiger partial charge in [0.25, 0.3) is 0 Å². The zero-order chi connectivity index (χ0) is 13.2. The molecule has 4 nitrogen and oxygen atoms in total. The van der Waals surface area contributed by atoms with Crippen LogP contribution in [0.25, 0.3) is 0 Å². The first-order valence-electron chi connectivity index (χ1n) is 7.30. The molecule has 2 aliphatic rings. The molecule has 2 atom stereocenters. The van der Waals surface area contributed by atoms with Crippen molar-refractivity contribution in [2.75, 3.05) is 18.4 Å². The van der Waals surface area contributed by atoms with E-state index >= 15 is 0 Å². The van der Waals surface area contributed by atoms with Crippen molar-refractivity contribution in [3.05, 3.63) is 16.5 Å². The number of anilines is 1. The molecule has 0 spiro atoms. The summed E-state index contributed by atoms with van der Waals surface area (Å²) >= 11 is 3.49. The maximum atomic E-state index is 4.63. The fourth-order valence-corrected chi connectivity index (χ4v) is 3.74. The topological polar surface area (TPSA) is 41.1 Å². The molecule has 2 unspecified atom stereocenters. The smallest absolute Gasteiger partial charge is 0.132 e. The third-order valence-corrected chi connectivity index (χ3v) is 4.56. The molecule has 5 heteroatoms. The molecular weight excluding hydrogens is 304 g/mol. The van der Waals surface area contributed by atoms with Gasteiger partial charge in [-0.2, -0.15) is 0 Å². The monoisotopic (exact) mass is 324 g/mol. The molecular formula is C14H21BrN4. The van der Waals surface area contributed by atoms with Crippen LogP contribution in [0.5, 0.6) is 0 Å².